The summed E-state index contributed by atoms with van der Waals surface area (Å²) in [5.74, 6) is -4.31. The number of anilines is 2. The maximum atomic E-state index is 14.8. The summed E-state index contributed by atoms with van der Waals surface area (Å²) >= 11 is 0. The van der Waals surface area contributed by atoms with Gasteiger partial charge in [0.2, 0.25) is 17.7 Å². The van der Waals surface area contributed by atoms with Gasteiger partial charge in [0.15, 0.2) is 0 Å². The van der Waals surface area contributed by atoms with Gasteiger partial charge in [0.1, 0.15) is 17.4 Å². The van der Waals surface area contributed by atoms with Crippen molar-refractivity contribution in [2.75, 3.05) is 23.3 Å². The van der Waals surface area contributed by atoms with Gasteiger partial charge < -0.3 is 19.4 Å². The first-order valence-electron chi connectivity index (χ1n) is 11.1. The average molecular weight is 523 g/mol. The molecule has 5 rings (SSSR count). The lowest BCUT2D eigenvalue weighted by Crippen LogP contribution is -2.55. The molecule has 2 aromatic carbocycles. The van der Waals surface area contributed by atoms with E-state index in [-0.39, 0.29) is 47.8 Å². The molecular weight excluding hydrogens is 505 g/mol. The first kappa shape index (κ1) is 24.5. The Morgan fingerprint density at radius 1 is 1.05 bits per heavy atom. The zero-order chi connectivity index (χ0) is 26.3. The summed E-state index contributed by atoms with van der Waals surface area (Å²) < 4.78 is 75.7. The fourth-order valence-corrected chi connectivity index (χ4v) is 4.21. The van der Waals surface area contributed by atoms with Crippen molar-refractivity contribution in [1.82, 2.24) is 15.5 Å². The number of aromatic nitrogens is 2. The van der Waals surface area contributed by atoms with Crippen LogP contribution in [0.3, 0.4) is 0 Å². The molecule has 14 heteroatoms. The number of hydrogen-bond donors (Lipinski definition) is 2. The smallest absolute Gasteiger partial charge is 0.406 e. The molecule has 2 aliphatic rings. The molecule has 2 amide bonds. The summed E-state index contributed by atoms with van der Waals surface area (Å²) in [7, 11) is 0. The van der Waals surface area contributed by atoms with E-state index in [0.29, 0.717) is 18.7 Å². The van der Waals surface area contributed by atoms with Crippen LogP contribution in [0, 0.1) is 11.6 Å². The van der Waals surface area contributed by atoms with Crippen LogP contribution in [0.15, 0.2) is 40.8 Å². The minimum absolute atomic E-state index is 0.00564. The zero-order valence-electron chi connectivity index (χ0n) is 18.8. The van der Waals surface area contributed by atoms with Gasteiger partial charge in [0.05, 0.1) is 12.0 Å². The SMILES string of the molecule is O=C1CCC(c2c(F)cc(N3CC(Nc4nnc(-c5ccc(OC(F)(F)F)cc5)o4)C3)cc2F)C(=O)N1. The number of piperidine rings is 1. The van der Waals surface area contributed by atoms with E-state index in [9.17, 15) is 31.5 Å². The molecule has 2 aliphatic heterocycles. The van der Waals surface area contributed by atoms with Crippen LogP contribution in [0.4, 0.5) is 33.7 Å². The Morgan fingerprint density at radius 2 is 1.73 bits per heavy atom. The van der Waals surface area contributed by atoms with Gasteiger partial charge in [0, 0.05) is 36.3 Å². The fourth-order valence-electron chi connectivity index (χ4n) is 4.21. The molecule has 0 radical (unpaired) electrons. The Morgan fingerprint density at radius 3 is 2.35 bits per heavy atom. The van der Waals surface area contributed by atoms with Gasteiger partial charge in [-0.2, -0.15) is 0 Å². The largest absolute Gasteiger partial charge is 0.573 e. The van der Waals surface area contributed by atoms with Gasteiger partial charge >= 0.3 is 12.4 Å². The van der Waals surface area contributed by atoms with Crippen LogP contribution in [-0.2, 0) is 9.59 Å². The summed E-state index contributed by atoms with van der Waals surface area (Å²) in [6, 6.07) is 7.10. The lowest BCUT2D eigenvalue weighted by molar-refractivity contribution is -0.274. The van der Waals surface area contributed by atoms with Gasteiger partial charge in [0.25, 0.3) is 0 Å². The van der Waals surface area contributed by atoms with E-state index in [1.165, 1.54) is 12.1 Å². The van der Waals surface area contributed by atoms with E-state index in [2.05, 4.69) is 25.6 Å². The number of nitrogens with one attached hydrogen (secondary N) is 2. The maximum absolute atomic E-state index is 14.8. The minimum atomic E-state index is -4.80. The molecule has 2 N–H and O–H groups in total. The summed E-state index contributed by atoms with van der Waals surface area (Å²) in [5, 5.41) is 12.8. The van der Waals surface area contributed by atoms with Gasteiger partial charge in [-0.05, 0) is 42.8 Å². The van der Waals surface area contributed by atoms with Crippen LogP contribution in [0.25, 0.3) is 11.5 Å². The monoisotopic (exact) mass is 523 g/mol. The number of benzene rings is 2. The summed E-state index contributed by atoms with van der Waals surface area (Å²) in [6.07, 6.45) is -4.76. The lowest BCUT2D eigenvalue weighted by Gasteiger charge is -2.41. The fraction of sp³-hybridized carbons (Fsp3) is 0.304. The molecule has 0 aliphatic carbocycles. The van der Waals surface area contributed by atoms with Crippen LogP contribution in [0.1, 0.15) is 24.3 Å². The molecule has 0 saturated carbocycles. The second-order valence-electron chi connectivity index (χ2n) is 8.56. The molecule has 37 heavy (non-hydrogen) atoms. The van der Waals surface area contributed by atoms with Crippen molar-refractivity contribution in [1.29, 1.82) is 0 Å². The first-order chi connectivity index (χ1) is 17.6. The molecule has 0 spiro atoms. The van der Waals surface area contributed by atoms with E-state index in [1.54, 1.807) is 4.90 Å². The standard InChI is InChI=1S/C23H18F5N5O4/c24-16-7-13(8-17(25)19(16)15-5-6-18(34)30-20(15)35)33-9-12(10-33)29-22-32-31-21(36-22)11-1-3-14(4-2-11)37-23(26,27)28/h1-4,7-8,12,15H,5-6,9-10H2,(H,29,32)(H,30,34,35). The van der Waals surface area contributed by atoms with Gasteiger partial charge in [-0.15, -0.1) is 18.3 Å². The van der Waals surface area contributed by atoms with Gasteiger partial charge in [-0.1, -0.05) is 5.10 Å². The van der Waals surface area contributed by atoms with Crippen molar-refractivity contribution in [3.63, 3.8) is 0 Å². The van der Waals surface area contributed by atoms with E-state index in [0.717, 1.165) is 24.3 Å². The molecule has 1 aromatic heterocycles. The zero-order valence-corrected chi connectivity index (χ0v) is 18.8. The molecule has 3 heterocycles. The van der Waals surface area contributed by atoms with Crippen molar-refractivity contribution < 1.29 is 40.7 Å². The lowest BCUT2D eigenvalue weighted by atomic mass is 9.89. The van der Waals surface area contributed by atoms with Crippen LogP contribution in [0.5, 0.6) is 5.75 Å². The van der Waals surface area contributed by atoms with Gasteiger partial charge in [-0.3, -0.25) is 14.9 Å². The first-order valence-corrected chi connectivity index (χ1v) is 11.1. The van der Waals surface area contributed by atoms with Gasteiger partial charge in [-0.25, -0.2) is 8.78 Å². The quantitative estimate of drug-likeness (QED) is 0.372. The number of carbonyl (C=O) groups excluding carboxylic acids is 2. The second kappa shape index (κ2) is 9.33. The number of imide groups is 1. The highest BCUT2D eigenvalue weighted by atomic mass is 19.4. The number of ether oxygens (including phenoxy) is 1. The van der Waals surface area contributed by atoms with E-state index in [1.807, 2.05) is 0 Å². The number of amides is 2. The highest BCUT2D eigenvalue weighted by Gasteiger charge is 2.35. The Bertz CT molecular complexity index is 1320. The third-order valence-electron chi connectivity index (χ3n) is 5.99. The number of rotatable bonds is 6. The molecule has 2 fully saturated rings. The molecule has 2 saturated heterocycles. The third kappa shape index (κ3) is 5.32. The van der Waals surface area contributed by atoms with Crippen LogP contribution < -0.4 is 20.3 Å². The summed E-state index contributed by atoms with van der Waals surface area (Å²) in [5.41, 5.74) is 0.309. The average Bonchev–Trinajstić information content (AvgIpc) is 3.25. The number of carbonyl (C=O) groups is 2. The number of alkyl halides is 3. The second-order valence-corrected chi connectivity index (χ2v) is 8.56. The van der Waals surface area contributed by atoms with Crippen molar-refractivity contribution in [3.05, 3.63) is 53.6 Å². The Kier molecular flexibility index (Phi) is 6.17. The molecule has 9 nitrogen and oxygen atoms in total. The topological polar surface area (TPSA) is 110 Å². The minimum Gasteiger partial charge on any atom is -0.406 e. The molecule has 1 unspecified atom stereocenters. The Hall–Kier alpha value is -4.23. The molecular formula is C23H18F5N5O4. The van der Waals surface area contributed by atoms with Crippen molar-refractivity contribution in [2.24, 2.45) is 0 Å². The molecule has 0 bridgehead atoms. The molecule has 1 atom stereocenters. The van der Waals surface area contributed by atoms with Crippen molar-refractivity contribution in [3.8, 4) is 17.2 Å². The third-order valence-corrected chi connectivity index (χ3v) is 5.99. The normalized spacial score (nSPS) is 18.4. The van der Waals surface area contributed by atoms with E-state index < -0.39 is 35.7 Å². The molecule has 3 aromatic rings. The Balaban J connectivity index is 1.18. The summed E-state index contributed by atoms with van der Waals surface area (Å²) in [6.45, 7) is 0.718. The predicted octanol–water partition coefficient (Wildman–Crippen LogP) is 3.73. The Labute approximate surface area is 205 Å². The summed E-state index contributed by atoms with van der Waals surface area (Å²) in [4.78, 5) is 25.0. The number of hydrogen-bond acceptors (Lipinski definition) is 8. The number of nitrogens with zero attached hydrogens (tertiary/aromatic N) is 3. The van der Waals surface area contributed by atoms with Crippen molar-refractivity contribution >= 4 is 23.5 Å². The van der Waals surface area contributed by atoms with E-state index >= 15 is 0 Å². The highest BCUT2D eigenvalue weighted by molar-refractivity contribution is 6.01. The van der Waals surface area contributed by atoms with Crippen molar-refractivity contribution in [2.45, 2.75) is 31.2 Å². The van der Waals surface area contributed by atoms with Crippen LogP contribution >= 0.6 is 0 Å². The maximum Gasteiger partial charge on any atom is 0.573 e. The van der Waals surface area contributed by atoms with Crippen LogP contribution in [-0.4, -0.2) is 47.5 Å². The molecule has 194 valence electrons. The highest BCUT2D eigenvalue weighted by Crippen LogP contribution is 2.34. The van der Waals surface area contributed by atoms with E-state index in [4.69, 9.17) is 4.42 Å². The predicted molar refractivity (Wildman–Crippen MR) is 118 cm³/mol. The number of halogens is 5. The van der Waals surface area contributed by atoms with Crippen LogP contribution in [0.2, 0.25) is 0 Å².